The lowest BCUT2D eigenvalue weighted by Crippen LogP contribution is -2.03. The Morgan fingerprint density at radius 2 is 1.85 bits per heavy atom. The highest BCUT2D eigenvalue weighted by atomic mass is 16.7. The third-order valence-corrected chi connectivity index (χ3v) is 4.53. The zero-order valence-electron chi connectivity index (χ0n) is 14.6. The Morgan fingerprint density at radius 1 is 1.12 bits per heavy atom. The first-order chi connectivity index (χ1) is 12.8. The fourth-order valence-corrected chi connectivity index (χ4v) is 3.11. The largest absolute Gasteiger partial charge is 0.454 e. The van der Waals surface area contributed by atoms with Gasteiger partial charge in [0.2, 0.25) is 6.79 Å². The van der Waals surface area contributed by atoms with E-state index in [4.69, 9.17) is 14.7 Å². The number of hydrogen-bond donors (Lipinski definition) is 1. The number of unbranched alkanes of at least 4 members (excludes halogenated alkanes) is 1. The highest BCUT2D eigenvalue weighted by molar-refractivity contribution is 6.03. The average Bonchev–Trinajstić information content (AvgIpc) is 3.14. The van der Waals surface area contributed by atoms with Crippen molar-refractivity contribution in [2.45, 2.75) is 19.8 Å². The molecule has 0 amide bonds. The molecule has 5 heteroatoms. The van der Waals surface area contributed by atoms with Crippen molar-refractivity contribution in [1.29, 1.82) is 5.26 Å². The Hall–Kier alpha value is -3.26. The zero-order valence-corrected chi connectivity index (χ0v) is 14.6. The summed E-state index contributed by atoms with van der Waals surface area (Å²) in [5, 5.41) is 14.5. The lowest BCUT2D eigenvalue weighted by molar-refractivity contribution is 0.174. The van der Waals surface area contributed by atoms with Gasteiger partial charge in [0, 0.05) is 23.7 Å². The fourth-order valence-electron chi connectivity index (χ4n) is 3.11. The molecule has 0 saturated carbocycles. The van der Waals surface area contributed by atoms with Gasteiger partial charge in [-0.25, -0.2) is 4.98 Å². The van der Waals surface area contributed by atoms with Crippen LogP contribution >= 0.6 is 0 Å². The number of ether oxygens (including phenoxy) is 2. The Kier molecular flexibility index (Phi) is 4.32. The van der Waals surface area contributed by atoms with Crippen molar-refractivity contribution >= 4 is 16.6 Å². The van der Waals surface area contributed by atoms with E-state index in [1.54, 1.807) is 0 Å². The molecule has 2 aromatic carbocycles. The molecule has 3 aromatic rings. The number of aromatic nitrogens is 1. The third-order valence-electron chi connectivity index (χ3n) is 4.53. The molecule has 130 valence electrons. The first-order valence-corrected chi connectivity index (χ1v) is 8.77. The van der Waals surface area contributed by atoms with Crippen LogP contribution in [0, 0.1) is 11.3 Å². The molecule has 0 fully saturated rings. The standard InChI is InChI=1S/C21H19N3O2/c1-2-3-8-23-21-17-10-20-19(25-13-26-20)9-16(17)18(12-24-21)15-6-4-14(11-22)5-7-15/h4-7,9-10,12H,2-3,8,13H2,1H3,(H,23,24). The summed E-state index contributed by atoms with van der Waals surface area (Å²) in [6.07, 6.45) is 4.09. The minimum absolute atomic E-state index is 0.240. The van der Waals surface area contributed by atoms with Crippen LogP contribution < -0.4 is 14.8 Å². The van der Waals surface area contributed by atoms with Crippen LogP contribution in [0.5, 0.6) is 11.5 Å². The van der Waals surface area contributed by atoms with Gasteiger partial charge in [0.15, 0.2) is 11.5 Å². The highest BCUT2D eigenvalue weighted by Crippen LogP contribution is 2.41. The van der Waals surface area contributed by atoms with Gasteiger partial charge in [-0.15, -0.1) is 0 Å². The number of nitrogens with one attached hydrogen (secondary N) is 1. The Balaban J connectivity index is 1.85. The summed E-state index contributed by atoms with van der Waals surface area (Å²) >= 11 is 0. The maximum absolute atomic E-state index is 9.01. The van der Waals surface area contributed by atoms with E-state index in [2.05, 4.69) is 23.3 Å². The van der Waals surface area contributed by atoms with Crippen molar-refractivity contribution in [2.75, 3.05) is 18.7 Å². The van der Waals surface area contributed by atoms with Gasteiger partial charge in [-0.3, -0.25) is 0 Å². The lowest BCUT2D eigenvalue weighted by atomic mass is 9.99. The van der Waals surface area contributed by atoms with Gasteiger partial charge in [0.1, 0.15) is 5.82 Å². The molecule has 1 aliphatic heterocycles. The molecule has 1 N–H and O–H groups in total. The molecular formula is C21H19N3O2. The quantitative estimate of drug-likeness (QED) is 0.678. The zero-order chi connectivity index (χ0) is 17.9. The second-order valence-electron chi connectivity index (χ2n) is 6.24. The molecular weight excluding hydrogens is 326 g/mol. The van der Waals surface area contributed by atoms with Crippen molar-refractivity contribution in [2.24, 2.45) is 0 Å². The van der Waals surface area contributed by atoms with Gasteiger partial charge in [-0.05, 0) is 41.6 Å². The van der Waals surface area contributed by atoms with Gasteiger partial charge in [0.05, 0.1) is 11.6 Å². The molecule has 0 saturated heterocycles. The first kappa shape index (κ1) is 16.2. The van der Waals surface area contributed by atoms with E-state index in [0.717, 1.165) is 58.6 Å². The molecule has 0 unspecified atom stereocenters. The molecule has 0 spiro atoms. The summed E-state index contributed by atoms with van der Waals surface area (Å²) in [4.78, 5) is 4.65. The van der Waals surface area contributed by atoms with Crippen LogP contribution in [0.15, 0.2) is 42.6 Å². The maximum atomic E-state index is 9.01. The van der Waals surface area contributed by atoms with E-state index in [-0.39, 0.29) is 6.79 Å². The van der Waals surface area contributed by atoms with Gasteiger partial charge < -0.3 is 14.8 Å². The maximum Gasteiger partial charge on any atom is 0.231 e. The van der Waals surface area contributed by atoms with Crippen LogP contribution in [0.4, 0.5) is 5.82 Å². The van der Waals surface area contributed by atoms with Crippen molar-refractivity contribution in [3.63, 3.8) is 0 Å². The molecule has 5 nitrogen and oxygen atoms in total. The molecule has 2 heterocycles. The molecule has 0 radical (unpaired) electrons. The van der Waals surface area contributed by atoms with Gasteiger partial charge >= 0.3 is 0 Å². The number of anilines is 1. The van der Waals surface area contributed by atoms with Crippen LogP contribution in [0.25, 0.3) is 21.9 Å². The number of nitriles is 1. The minimum Gasteiger partial charge on any atom is -0.454 e. The van der Waals surface area contributed by atoms with Crippen LogP contribution in [-0.4, -0.2) is 18.3 Å². The van der Waals surface area contributed by atoms with Crippen LogP contribution in [-0.2, 0) is 0 Å². The van der Waals surface area contributed by atoms with Crippen LogP contribution in [0.1, 0.15) is 25.3 Å². The molecule has 0 aliphatic carbocycles. The van der Waals surface area contributed by atoms with E-state index in [1.165, 1.54) is 0 Å². The summed E-state index contributed by atoms with van der Waals surface area (Å²) < 4.78 is 11.1. The van der Waals surface area contributed by atoms with Crippen molar-refractivity contribution in [3.05, 3.63) is 48.2 Å². The fraction of sp³-hybridized carbons (Fsp3) is 0.238. The summed E-state index contributed by atoms with van der Waals surface area (Å²) in [5.74, 6) is 2.34. The molecule has 4 rings (SSSR count). The number of benzene rings is 2. The topological polar surface area (TPSA) is 67.2 Å². The van der Waals surface area contributed by atoms with Crippen molar-refractivity contribution < 1.29 is 9.47 Å². The van der Waals surface area contributed by atoms with E-state index in [0.29, 0.717) is 5.56 Å². The highest BCUT2D eigenvalue weighted by Gasteiger charge is 2.18. The monoisotopic (exact) mass is 345 g/mol. The number of pyridine rings is 1. The van der Waals surface area contributed by atoms with Gasteiger partial charge in [-0.1, -0.05) is 25.5 Å². The van der Waals surface area contributed by atoms with Gasteiger partial charge in [-0.2, -0.15) is 5.26 Å². The number of rotatable bonds is 5. The SMILES string of the molecule is CCCCNc1ncc(-c2ccc(C#N)cc2)c2cc3c(cc12)OCO3. The predicted octanol–water partition coefficient (Wildman–Crippen LogP) is 4.71. The van der Waals surface area contributed by atoms with E-state index >= 15 is 0 Å². The molecule has 1 aromatic heterocycles. The summed E-state index contributed by atoms with van der Waals surface area (Å²) in [6, 6.07) is 13.7. The number of hydrogen-bond acceptors (Lipinski definition) is 5. The average molecular weight is 345 g/mol. The number of nitrogens with zero attached hydrogens (tertiary/aromatic N) is 2. The van der Waals surface area contributed by atoms with Gasteiger partial charge in [0.25, 0.3) is 0 Å². The second kappa shape index (κ2) is 6.93. The minimum atomic E-state index is 0.240. The van der Waals surface area contributed by atoms with E-state index in [9.17, 15) is 0 Å². The van der Waals surface area contributed by atoms with Crippen LogP contribution in [0.3, 0.4) is 0 Å². The molecule has 0 bridgehead atoms. The van der Waals surface area contributed by atoms with E-state index in [1.807, 2.05) is 42.6 Å². The molecule has 26 heavy (non-hydrogen) atoms. The summed E-state index contributed by atoms with van der Waals surface area (Å²) in [7, 11) is 0. The lowest BCUT2D eigenvalue weighted by Gasteiger charge is -2.13. The predicted molar refractivity (Wildman–Crippen MR) is 101 cm³/mol. The molecule has 1 aliphatic rings. The summed E-state index contributed by atoms with van der Waals surface area (Å²) in [6.45, 7) is 3.28. The normalized spacial score (nSPS) is 12.2. The first-order valence-electron chi connectivity index (χ1n) is 8.77. The Bertz CT molecular complexity index is 991. The second-order valence-corrected chi connectivity index (χ2v) is 6.24. The van der Waals surface area contributed by atoms with E-state index < -0.39 is 0 Å². The Labute approximate surface area is 152 Å². The van der Waals surface area contributed by atoms with Crippen molar-refractivity contribution in [1.82, 2.24) is 4.98 Å². The Morgan fingerprint density at radius 3 is 2.54 bits per heavy atom. The number of fused-ring (bicyclic) bond motifs is 2. The summed E-state index contributed by atoms with van der Waals surface area (Å²) in [5.41, 5.74) is 2.66. The van der Waals surface area contributed by atoms with Crippen LogP contribution in [0.2, 0.25) is 0 Å². The smallest absolute Gasteiger partial charge is 0.231 e. The van der Waals surface area contributed by atoms with Crippen molar-refractivity contribution in [3.8, 4) is 28.7 Å². The third kappa shape index (κ3) is 2.91. The molecule has 0 atom stereocenters.